The lowest BCUT2D eigenvalue weighted by Gasteiger charge is -1.99. The van der Waals surface area contributed by atoms with Crippen LogP contribution in [0, 0.1) is 0 Å². The normalized spacial score (nSPS) is 12.8. The fourth-order valence-electron chi connectivity index (χ4n) is 1.44. The molecule has 0 bridgehead atoms. The van der Waals surface area contributed by atoms with Gasteiger partial charge in [-0.05, 0) is 36.5 Å². The molecule has 2 rings (SSSR count). The second-order valence-electron chi connectivity index (χ2n) is 3.23. The molecule has 0 amide bonds. The Morgan fingerprint density at radius 3 is 3.00 bits per heavy atom. The van der Waals surface area contributed by atoms with E-state index >= 15 is 0 Å². The Balaban J connectivity index is 1.88. The van der Waals surface area contributed by atoms with Crippen LogP contribution in [0.2, 0.25) is 0 Å². The zero-order valence-electron chi connectivity index (χ0n) is 7.47. The van der Waals surface area contributed by atoms with Crippen LogP contribution in [0.3, 0.4) is 0 Å². The highest BCUT2D eigenvalue weighted by Gasteiger charge is 2.15. The van der Waals surface area contributed by atoms with Gasteiger partial charge in [-0.1, -0.05) is 18.2 Å². The SMILES string of the molecule is CCOCCc1ccc2c(c1)C2. The van der Waals surface area contributed by atoms with Gasteiger partial charge in [-0.15, -0.1) is 0 Å². The molecule has 0 radical (unpaired) electrons. The lowest BCUT2D eigenvalue weighted by molar-refractivity contribution is 0.151. The molecule has 0 heterocycles. The van der Waals surface area contributed by atoms with Gasteiger partial charge in [-0.3, -0.25) is 0 Å². The van der Waals surface area contributed by atoms with E-state index in [4.69, 9.17) is 4.74 Å². The monoisotopic (exact) mass is 162 g/mol. The molecule has 0 saturated heterocycles. The first-order chi connectivity index (χ1) is 5.90. The molecule has 0 saturated carbocycles. The molecule has 0 aliphatic heterocycles. The fourth-order valence-corrected chi connectivity index (χ4v) is 1.44. The number of benzene rings is 1. The lowest BCUT2D eigenvalue weighted by atomic mass is 10.2. The molecule has 1 aliphatic carbocycles. The predicted octanol–water partition coefficient (Wildman–Crippen LogP) is 2.17. The number of hydrogen-bond acceptors (Lipinski definition) is 1. The summed E-state index contributed by atoms with van der Waals surface area (Å²) in [5, 5.41) is 0. The second-order valence-corrected chi connectivity index (χ2v) is 3.23. The first-order valence-corrected chi connectivity index (χ1v) is 4.58. The second kappa shape index (κ2) is 3.28. The zero-order valence-corrected chi connectivity index (χ0v) is 7.47. The van der Waals surface area contributed by atoms with E-state index in [0.717, 1.165) is 19.6 Å². The average Bonchev–Trinajstić information content (AvgIpc) is 2.83. The Hall–Kier alpha value is -0.820. The van der Waals surface area contributed by atoms with Gasteiger partial charge in [0.2, 0.25) is 0 Å². The topological polar surface area (TPSA) is 9.23 Å². The van der Waals surface area contributed by atoms with Crippen molar-refractivity contribution < 1.29 is 4.74 Å². The number of fused-ring (bicyclic) bond motifs is 1. The summed E-state index contributed by atoms with van der Waals surface area (Å²) in [7, 11) is 0. The van der Waals surface area contributed by atoms with E-state index in [9.17, 15) is 0 Å². The van der Waals surface area contributed by atoms with Crippen LogP contribution in [0.4, 0.5) is 0 Å². The highest BCUT2D eigenvalue weighted by molar-refractivity contribution is 5.47. The Labute approximate surface area is 73.4 Å². The van der Waals surface area contributed by atoms with Crippen LogP contribution in [0.5, 0.6) is 0 Å². The third-order valence-electron chi connectivity index (χ3n) is 2.27. The first-order valence-electron chi connectivity index (χ1n) is 4.58. The Morgan fingerprint density at radius 1 is 1.33 bits per heavy atom. The fraction of sp³-hybridized carbons (Fsp3) is 0.455. The summed E-state index contributed by atoms with van der Waals surface area (Å²) in [5.41, 5.74) is 4.47. The van der Waals surface area contributed by atoms with Gasteiger partial charge in [0.15, 0.2) is 0 Å². The Bertz CT molecular complexity index is 278. The number of hydrogen-bond donors (Lipinski definition) is 0. The summed E-state index contributed by atoms with van der Waals surface area (Å²) < 4.78 is 5.29. The molecule has 1 aromatic rings. The summed E-state index contributed by atoms with van der Waals surface area (Å²) in [5.74, 6) is 0. The molecule has 0 N–H and O–H groups in total. The minimum absolute atomic E-state index is 0.824. The first kappa shape index (κ1) is 7.81. The van der Waals surface area contributed by atoms with Gasteiger partial charge >= 0.3 is 0 Å². The summed E-state index contributed by atoms with van der Waals surface area (Å²) in [4.78, 5) is 0. The summed E-state index contributed by atoms with van der Waals surface area (Å²) in [6.07, 6.45) is 2.27. The molecular weight excluding hydrogens is 148 g/mol. The van der Waals surface area contributed by atoms with E-state index < -0.39 is 0 Å². The summed E-state index contributed by atoms with van der Waals surface area (Å²) in [6.45, 7) is 3.72. The molecule has 0 unspecified atom stereocenters. The van der Waals surface area contributed by atoms with Gasteiger partial charge in [-0.2, -0.15) is 0 Å². The van der Waals surface area contributed by atoms with Crippen LogP contribution < -0.4 is 0 Å². The van der Waals surface area contributed by atoms with Crippen LogP contribution in [0.25, 0.3) is 0 Å². The van der Waals surface area contributed by atoms with E-state index in [1.807, 2.05) is 6.92 Å². The lowest BCUT2D eigenvalue weighted by Crippen LogP contribution is -1.97. The van der Waals surface area contributed by atoms with Gasteiger partial charge in [0, 0.05) is 6.61 Å². The minimum atomic E-state index is 0.824. The van der Waals surface area contributed by atoms with Crippen LogP contribution in [0.15, 0.2) is 18.2 Å². The molecule has 0 atom stereocenters. The quantitative estimate of drug-likeness (QED) is 0.626. The van der Waals surface area contributed by atoms with Crippen molar-refractivity contribution in [3.8, 4) is 0 Å². The van der Waals surface area contributed by atoms with E-state index in [1.165, 1.54) is 23.1 Å². The molecule has 0 fully saturated rings. The highest BCUT2D eigenvalue weighted by atomic mass is 16.5. The van der Waals surface area contributed by atoms with E-state index in [1.54, 1.807) is 0 Å². The molecular formula is C11H14O. The molecule has 1 aromatic carbocycles. The highest BCUT2D eigenvalue weighted by Crippen LogP contribution is 2.28. The van der Waals surface area contributed by atoms with Crippen molar-refractivity contribution >= 4 is 0 Å². The number of ether oxygens (including phenoxy) is 1. The summed E-state index contributed by atoms with van der Waals surface area (Å²) >= 11 is 0. The van der Waals surface area contributed by atoms with E-state index in [0.29, 0.717) is 0 Å². The van der Waals surface area contributed by atoms with Gasteiger partial charge < -0.3 is 4.74 Å². The maximum Gasteiger partial charge on any atom is 0.0506 e. The smallest absolute Gasteiger partial charge is 0.0506 e. The van der Waals surface area contributed by atoms with Crippen LogP contribution in [-0.2, 0) is 17.6 Å². The van der Waals surface area contributed by atoms with Gasteiger partial charge in [-0.25, -0.2) is 0 Å². The molecule has 64 valence electrons. The van der Waals surface area contributed by atoms with Gasteiger partial charge in [0.25, 0.3) is 0 Å². The predicted molar refractivity (Wildman–Crippen MR) is 49.4 cm³/mol. The maximum absolute atomic E-state index is 5.29. The standard InChI is InChI=1S/C11H14O/c1-2-12-6-5-9-3-4-10-8-11(10)7-9/h3-4,7H,2,5-6,8H2,1H3. The zero-order chi connectivity index (χ0) is 8.39. The van der Waals surface area contributed by atoms with Crippen LogP contribution >= 0.6 is 0 Å². The van der Waals surface area contributed by atoms with Crippen molar-refractivity contribution in [1.82, 2.24) is 0 Å². The molecule has 0 spiro atoms. The van der Waals surface area contributed by atoms with Crippen LogP contribution in [0.1, 0.15) is 23.6 Å². The van der Waals surface area contributed by atoms with Crippen molar-refractivity contribution in [2.45, 2.75) is 19.8 Å². The van der Waals surface area contributed by atoms with Crippen molar-refractivity contribution in [2.75, 3.05) is 13.2 Å². The van der Waals surface area contributed by atoms with E-state index in [2.05, 4.69) is 18.2 Å². The number of rotatable bonds is 4. The maximum atomic E-state index is 5.29. The van der Waals surface area contributed by atoms with Crippen molar-refractivity contribution in [1.29, 1.82) is 0 Å². The Kier molecular flexibility index (Phi) is 2.13. The third kappa shape index (κ3) is 1.67. The Morgan fingerprint density at radius 2 is 2.25 bits per heavy atom. The molecule has 1 aliphatic rings. The molecule has 1 nitrogen and oxygen atoms in total. The molecule has 1 heteroatoms. The minimum Gasteiger partial charge on any atom is -0.381 e. The van der Waals surface area contributed by atoms with Gasteiger partial charge in [0.05, 0.1) is 6.61 Å². The average molecular weight is 162 g/mol. The van der Waals surface area contributed by atoms with Gasteiger partial charge in [0.1, 0.15) is 0 Å². The molecule has 12 heavy (non-hydrogen) atoms. The van der Waals surface area contributed by atoms with Crippen molar-refractivity contribution in [3.63, 3.8) is 0 Å². The van der Waals surface area contributed by atoms with Crippen molar-refractivity contribution in [2.24, 2.45) is 0 Å². The van der Waals surface area contributed by atoms with Crippen molar-refractivity contribution in [3.05, 3.63) is 34.9 Å². The largest absolute Gasteiger partial charge is 0.381 e. The van der Waals surface area contributed by atoms with Crippen LogP contribution in [-0.4, -0.2) is 13.2 Å². The summed E-state index contributed by atoms with van der Waals surface area (Å²) in [6, 6.07) is 6.75. The van der Waals surface area contributed by atoms with E-state index in [-0.39, 0.29) is 0 Å². The third-order valence-corrected chi connectivity index (χ3v) is 2.27. The molecule has 0 aromatic heterocycles.